The molecular formula is C34H34N6O3. The van der Waals surface area contributed by atoms with Gasteiger partial charge < -0.3 is 20.3 Å². The van der Waals surface area contributed by atoms with Crippen LogP contribution in [0.2, 0.25) is 0 Å². The van der Waals surface area contributed by atoms with Crippen LogP contribution in [0.25, 0.3) is 10.9 Å². The van der Waals surface area contributed by atoms with E-state index in [1.807, 2.05) is 19.1 Å². The van der Waals surface area contributed by atoms with Gasteiger partial charge in [-0.3, -0.25) is 19.3 Å². The minimum absolute atomic E-state index is 0.0132. The number of amides is 1. The highest BCUT2D eigenvalue weighted by Gasteiger charge is 2.16. The molecule has 1 amide bonds. The van der Waals surface area contributed by atoms with Gasteiger partial charge in [-0.05, 0) is 81.2 Å². The number of aromatic amines is 1. The van der Waals surface area contributed by atoms with Gasteiger partial charge in [0.05, 0.1) is 16.9 Å². The van der Waals surface area contributed by atoms with Gasteiger partial charge in [0.15, 0.2) is 11.7 Å². The summed E-state index contributed by atoms with van der Waals surface area (Å²) in [6.45, 7) is 5.31. The molecule has 0 spiro atoms. The lowest BCUT2D eigenvalue weighted by atomic mass is 10.0. The fourth-order valence-corrected chi connectivity index (χ4v) is 5.58. The molecule has 5 aromatic rings. The zero-order valence-corrected chi connectivity index (χ0v) is 24.3. The maximum absolute atomic E-state index is 13.4. The number of aromatic nitrogens is 3. The number of nitrogens with zero attached hydrogens (tertiary/aromatic N) is 4. The quantitative estimate of drug-likeness (QED) is 0.152. The lowest BCUT2D eigenvalue weighted by molar-refractivity contribution is 0.101. The van der Waals surface area contributed by atoms with Crippen molar-refractivity contribution < 1.29 is 14.7 Å². The second-order valence-corrected chi connectivity index (χ2v) is 11.0. The second kappa shape index (κ2) is 12.1. The number of aliphatic imine (C=N–C) groups is 1. The summed E-state index contributed by atoms with van der Waals surface area (Å²) in [7, 11) is 1.71. The topological polar surface area (TPSA) is 116 Å². The molecule has 0 aliphatic carbocycles. The minimum atomic E-state index is -0.307. The van der Waals surface area contributed by atoms with Gasteiger partial charge in [-0.1, -0.05) is 36.4 Å². The Morgan fingerprint density at radius 3 is 2.53 bits per heavy atom. The fourth-order valence-electron chi connectivity index (χ4n) is 5.58. The van der Waals surface area contributed by atoms with Crippen LogP contribution >= 0.6 is 0 Å². The largest absolute Gasteiger partial charge is 0.494 e. The number of rotatable bonds is 9. The van der Waals surface area contributed by atoms with Crippen LogP contribution in [0.5, 0.6) is 5.88 Å². The van der Waals surface area contributed by atoms with Crippen molar-refractivity contribution in [2.75, 3.05) is 25.0 Å². The first-order valence-corrected chi connectivity index (χ1v) is 14.5. The predicted octanol–water partition coefficient (Wildman–Crippen LogP) is 5.79. The van der Waals surface area contributed by atoms with Crippen LogP contribution in [0.1, 0.15) is 56.1 Å². The van der Waals surface area contributed by atoms with Crippen LogP contribution < -0.4 is 5.32 Å². The average molecular weight is 575 g/mol. The molecule has 1 aliphatic rings. The molecule has 0 saturated carbocycles. The number of carbonyl (C=O) groups is 2. The minimum Gasteiger partial charge on any atom is -0.494 e. The maximum atomic E-state index is 13.4. The summed E-state index contributed by atoms with van der Waals surface area (Å²) in [5, 5.41) is 18.4. The standard InChI is InChI=1S/C34H34N6O3/c1-22-18-31(39(2)38-22)34(43)36-27-7-5-6-24(19-27)32(41)25-10-13-28-29(33(42)37-30(28)20-25)21-35-26-11-8-23(9-12-26)14-17-40-15-3-4-16-40/h5-13,18-21,37,42H,3-4,14-17H2,1-2H3,(H,36,43). The van der Waals surface area contributed by atoms with Crippen LogP contribution in [-0.2, 0) is 13.5 Å². The predicted molar refractivity (Wildman–Crippen MR) is 169 cm³/mol. The Labute approximate surface area is 249 Å². The first kappa shape index (κ1) is 28.1. The molecule has 43 heavy (non-hydrogen) atoms. The second-order valence-electron chi connectivity index (χ2n) is 11.0. The Morgan fingerprint density at radius 2 is 1.79 bits per heavy atom. The summed E-state index contributed by atoms with van der Waals surface area (Å²) in [5.41, 5.74) is 5.83. The molecule has 9 heteroatoms. The third kappa shape index (κ3) is 6.27. The average Bonchev–Trinajstić information content (AvgIpc) is 3.73. The Morgan fingerprint density at radius 1 is 1.02 bits per heavy atom. The zero-order chi connectivity index (χ0) is 29.9. The monoisotopic (exact) mass is 574 g/mol. The molecule has 2 aromatic heterocycles. The van der Waals surface area contributed by atoms with Crippen molar-refractivity contribution in [2.45, 2.75) is 26.2 Å². The lowest BCUT2D eigenvalue weighted by Crippen LogP contribution is -2.21. The van der Waals surface area contributed by atoms with Crippen molar-refractivity contribution in [3.63, 3.8) is 0 Å². The Hall–Kier alpha value is -5.02. The van der Waals surface area contributed by atoms with E-state index in [2.05, 4.69) is 37.4 Å². The van der Waals surface area contributed by atoms with Crippen LogP contribution in [0.3, 0.4) is 0 Å². The first-order valence-electron chi connectivity index (χ1n) is 14.5. The van der Waals surface area contributed by atoms with Crippen LogP contribution in [0, 0.1) is 6.92 Å². The number of carbonyl (C=O) groups excluding carboxylic acids is 2. The summed E-state index contributed by atoms with van der Waals surface area (Å²) >= 11 is 0. The lowest BCUT2D eigenvalue weighted by Gasteiger charge is -2.14. The highest BCUT2D eigenvalue weighted by Crippen LogP contribution is 2.28. The van der Waals surface area contributed by atoms with Crippen molar-refractivity contribution in [1.29, 1.82) is 0 Å². The number of hydrogen-bond acceptors (Lipinski definition) is 6. The molecule has 1 aliphatic heterocycles. The third-order valence-corrected chi connectivity index (χ3v) is 7.89. The summed E-state index contributed by atoms with van der Waals surface area (Å²) < 4.78 is 1.52. The molecule has 1 saturated heterocycles. The number of benzene rings is 3. The van der Waals surface area contributed by atoms with E-state index in [1.165, 1.54) is 36.2 Å². The van der Waals surface area contributed by atoms with Gasteiger partial charge in [-0.15, -0.1) is 0 Å². The van der Waals surface area contributed by atoms with E-state index in [9.17, 15) is 14.7 Å². The van der Waals surface area contributed by atoms with Crippen molar-refractivity contribution in [3.05, 3.63) is 106 Å². The molecule has 6 rings (SSSR count). The molecule has 0 bridgehead atoms. The molecule has 3 heterocycles. The molecule has 3 N–H and O–H groups in total. The van der Waals surface area contributed by atoms with Gasteiger partial charge in [-0.2, -0.15) is 5.10 Å². The molecule has 1 fully saturated rings. The van der Waals surface area contributed by atoms with E-state index in [0.717, 1.165) is 29.7 Å². The first-order chi connectivity index (χ1) is 20.8. The van der Waals surface area contributed by atoms with Crippen molar-refractivity contribution in [1.82, 2.24) is 19.7 Å². The van der Waals surface area contributed by atoms with Crippen molar-refractivity contribution in [2.24, 2.45) is 12.0 Å². The highest BCUT2D eigenvalue weighted by atomic mass is 16.3. The number of aromatic hydroxyl groups is 1. The van der Waals surface area contributed by atoms with Gasteiger partial charge in [-0.25, -0.2) is 0 Å². The number of ketones is 1. The number of H-pyrrole nitrogens is 1. The van der Waals surface area contributed by atoms with E-state index >= 15 is 0 Å². The van der Waals surface area contributed by atoms with Crippen LogP contribution in [-0.4, -0.2) is 62.3 Å². The molecular weight excluding hydrogens is 540 g/mol. The fraction of sp³-hybridized carbons (Fsp3) is 0.235. The summed E-state index contributed by atoms with van der Waals surface area (Å²) in [5.74, 6) is -0.525. The van der Waals surface area contributed by atoms with Crippen molar-refractivity contribution >= 4 is 40.2 Å². The maximum Gasteiger partial charge on any atom is 0.273 e. The number of fused-ring (bicyclic) bond motifs is 1. The summed E-state index contributed by atoms with van der Waals surface area (Å²) in [6.07, 6.45) is 5.27. The van der Waals surface area contributed by atoms with E-state index in [4.69, 9.17) is 0 Å². The number of hydrogen-bond donors (Lipinski definition) is 3. The SMILES string of the molecule is Cc1cc(C(=O)Nc2cccc(C(=O)c3ccc4c(C=Nc5ccc(CCN6CCCC6)cc5)c(O)[nH]c4c3)c2)n(C)n1. The van der Waals surface area contributed by atoms with Gasteiger partial charge in [0.25, 0.3) is 5.91 Å². The van der Waals surface area contributed by atoms with Gasteiger partial charge >= 0.3 is 0 Å². The number of aryl methyl sites for hydroxylation is 2. The Kier molecular flexibility index (Phi) is 7.89. The number of likely N-dealkylation sites (tertiary alicyclic amines) is 1. The smallest absolute Gasteiger partial charge is 0.273 e. The Balaban J connectivity index is 1.15. The zero-order valence-electron chi connectivity index (χ0n) is 24.3. The van der Waals surface area contributed by atoms with Gasteiger partial charge in [0, 0.05) is 47.5 Å². The summed E-state index contributed by atoms with van der Waals surface area (Å²) in [4.78, 5) is 36.1. The normalized spacial score (nSPS) is 13.7. The van der Waals surface area contributed by atoms with Gasteiger partial charge in [0.2, 0.25) is 0 Å². The van der Waals surface area contributed by atoms with E-state index in [-0.39, 0.29) is 17.6 Å². The van der Waals surface area contributed by atoms with E-state index in [0.29, 0.717) is 33.6 Å². The number of nitrogens with one attached hydrogen (secondary N) is 2. The molecule has 3 aromatic carbocycles. The molecule has 0 radical (unpaired) electrons. The van der Waals surface area contributed by atoms with Gasteiger partial charge in [0.1, 0.15) is 5.69 Å². The Bertz CT molecular complexity index is 1830. The highest BCUT2D eigenvalue weighted by molar-refractivity contribution is 6.13. The molecule has 9 nitrogen and oxygen atoms in total. The van der Waals surface area contributed by atoms with E-state index < -0.39 is 0 Å². The van der Waals surface area contributed by atoms with Crippen LogP contribution in [0.4, 0.5) is 11.4 Å². The molecule has 0 atom stereocenters. The van der Waals surface area contributed by atoms with Crippen LogP contribution in [0.15, 0.2) is 77.8 Å². The molecule has 0 unspecified atom stereocenters. The molecule has 218 valence electrons. The number of anilines is 1. The summed E-state index contributed by atoms with van der Waals surface area (Å²) in [6, 6.07) is 22.0. The van der Waals surface area contributed by atoms with Crippen molar-refractivity contribution in [3.8, 4) is 5.88 Å². The third-order valence-electron chi connectivity index (χ3n) is 7.89. The van der Waals surface area contributed by atoms with E-state index in [1.54, 1.807) is 61.8 Å².